The Morgan fingerprint density at radius 1 is 1.18 bits per heavy atom. The van der Waals surface area contributed by atoms with Crippen LogP contribution in [0, 0.1) is 11.8 Å². The number of unbranched alkanes of at least 4 members (excludes halogenated alkanes) is 1. The first-order valence-corrected chi connectivity index (χ1v) is 7.72. The van der Waals surface area contributed by atoms with E-state index in [1.165, 1.54) is 64.5 Å². The van der Waals surface area contributed by atoms with Gasteiger partial charge in [-0.3, -0.25) is 0 Å². The van der Waals surface area contributed by atoms with Crippen LogP contribution in [0.4, 0.5) is 0 Å². The van der Waals surface area contributed by atoms with Crippen molar-refractivity contribution in [1.29, 1.82) is 0 Å². The number of nitrogens with one attached hydrogen (secondary N) is 1. The topological polar surface area (TPSA) is 38.0 Å². The standard InChI is InChI=1S/C15H32N2/c1-3-5-6-13(4-2)11-17-12-14-7-9-15(16)10-8-14/h13-15,17H,3-12,16H2,1-2H3. The average molecular weight is 240 g/mol. The molecule has 0 heterocycles. The lowest BCUT2D eigenvalue weighted by molar-refractivity contribution is 0.304. The van der Waals surface area contributed by atoms with Gasteiger partial charge in [0.15, 0.2) is 0 Å². The highest BCUT2D eigenvalue weighted by Crippen LogP contribution is 2.22. The molecule has 1 unspecified atom stereocenters. The summed E-state index contributed by atoms with van der Waals surface area (Å²) in [5.74, 6) is 1.78. The lowest BCUT2D eigenvalue weighted by atomic mass is 9.86. The van der Waals surface area contributed by atoms with Crippen molar-refractivity contribution in [2.75, 3.05) is 13.1 Å². The largest absolute Gasteiger partial charge is 0.328 e. The minimum Gasteiger partial charge on any atom is -0.328 e. The molecule has 0 saturated heterocycles. The van der Waals surface area contributed by atoms with Crippen LogP contribution in [-0.4, -0.2) is 19.1 Å². The van der Waals surface area contributed by atoms with Crippen molar-refractivity contribution in [3.63, 3.8) is 0 Å². The fraction of sp³-hybridized carbons (Fsp3) is 1.00. The third kappa shape index (κ3) is 6.42. The summed E-state index contributed by atoms with van der Waals surface area (Å²) in [6, 6.07) is 0.485. The summed E-state index contributed by atoms with van der Waals surface area (Å²) >= 11 is 0. The molecule has 1 fully saturated rings. The van der Waals surface area contributed by atoms with E-state index in [1.807, 2.05) is 0 Å². The SMILES string of the molecule is CCCCC(CC)CNCC1CCC(N)CC1. The Balaban J connectivity index is 2.05. The number of nitrogens with two attached hydrogens (primary N) is 1. The van der Waals surface area contributed by atoms with Gasteiger partial charge in [0.1, 0.15) is 0 Å². The molecule has 1 atom stereocenters. The molecular formula is C15H32N2. The fourth-order valence-electron chi connectivity index (χ4n) is 2.83. The second-order valence-corrected chi connectivity index (χ2v) is 5.86. The lowest BCUT2D eigenvalue weighted by Crippen LogP contribution is -2.33. The van der Waals surface area contributed by atoms with Gasteiger partial charge in [0, 0.05) is 6.04 Å². The molecule has 17 heavy (non-hydrogen) atoms. The van der Waals surface area contributed by atoms with Crippen molar-refractivity contribution in [3.05, 3.63) is 0 Å². The van der Waals surface area contributed by atoms with E-state index in [2.05, 4.69) is 19.2 Å². The summed E-state index contributed by atoms with van der Waals surface area (Å²) in [5.41, 5.74) is 5.93. The molecule has 0 bridgehead atoms. The molecule has 2 nitrogen and oxygen atoms in total. The van der Waals surface area contributed by atoms with Crippen LogP contribution in [0.2, 0.25) is 0 Å². The van der Waals surface area contributed by atoms with Crippen molar-refractivity contribution in [2.45, 2.75) is 71.3 Å². The second-order valence-electron chi connectivity index (χ2n) is 5.86. The zero-order valence-electron chi connectivity index (χ0n) is 11.9. The summed E-state index contributed by atoms with van der Waals surface area (Å²) < 4.78 is 0. The smallest absolute Gasteiger partial charge is 0.00390 e. The molecule has 102 valence electrons. The Labute approximate surface area is 108 Å². The Hall–Kier alpha value is -0.0800. The molecule has 0 aromatic carbocycles. The van der Waals surface area contributed by atoms with E-state index in [0.717, 1.165) is 11.8 Å². The summed E-state index contributed by atoms with van der Waals surface area (Å²) in [4.78, 5) is 0. The molecule has 1 aliphatic carbocycles. The maximum Gasteiger partial charge on any atom is 0.00390 e. The molecule has 0 amide bonds. The van der Waals surface area contributed by atoms with Crippen molar-refractivity contribution < 1.29 is 0 Å². The van der Waals surface area contributed by atoms with Gasteiger partial charge in [-0.25, -0.2) is 0 Å². The van der Waals surface area contributed by atoms with Crippen molar-refractivity contribution >= 4 is 0 Å². The Morgan fingerprint density at radius 3 is 2.47 bits per heavy atom. The first-order chi connectivity index (χ1) is 8.26. The lowest BCUT2D eigenvalue weighted by Gasteiger charge is -2.27. The summed E-state index contributed by atoms with van der Waals surface area (Å²) in [6.45, 7) is 7.04. The minimum absolute atomic E-state index is 0.485. The van der Waals surface area contributed by atoms with Gasteiger partial charge in [0.25, 0.3) is 0 Å². The monoisotopic (exact) mass is 240 g/mol. The van der Waals surface area contributed by atoms with E-state index in [0.29, 0.717) is 6.04 Å². The van der Waals surface area contributed by atoms with Crippen LogP contribution in [0.25, 0.3) is 0 Å². The minimum atomic E-state index is 0.485. The molecule has 0 aliphatic heterocycles. The Kier molecular flexibility index (Phi) is 7.87. The molecule has 3 N–H and O–H groups in total. The van der Waals surface area contributed by atoms with Crippen LogP contribution in [-0.2, 0) is 0 Å². The molecule has 2 heteroatoms. The highest BCUT2D eigenvalue weighted by Gasteiger charge is 2.18. The molecule has 0 aromatic rings. The van der Waals surface area contributed by atoms with Gasteiger partial charge in [-0.15, -0.1) is 0 Å². The fourth-order valence-corrected chi connectivity index (χ4v) is 2.83. The normalized spacial score (nSPS) is 27.0. The predicted octanol–water partition coefficient (Wildman–Crippen LogP) is 3.31. The van der Waals surface area contributed by atoms with E-state index in [4.69, 9.17) is 5.73 Å². The van der Waals surface area contributed by atoms with Crippen LogP contribution in [0.1, 0.15) is 65.2 Å². The van der Waals surface area contributed by atoms with Gasteiger partial charge in [0.05, 0.1) is 0 Å². The highest BCUT2D eigenvalue weighted by molar-refractivity contribution is 4.76. The third-order valence-corrected chi connectivity index (χ3v) is 4.30. The molecule has 1 rings (SSSR count). The highest BCUT2D eigenvalue weighted by atomic mass is 14.9. The van der Waals surface area contributed by atoms with E-state index in [1.54, 1.807) is 0 Å². The molecule has 1 aliphatic rings. The molecule has 0 spiro atoms. The Bertz CT molecular complexity index is 169. The number of hydrogen-bond acceptors (Lipinski definition) is 2. The van der Waals surface area contributed by atoms with Crippen molar-refractivity contribution in [2.24, 2.45) is 17.6 Å². The predicted molar refractivity (Wildman–Crippen MR) is 76.1 cm³/mol. The maximum atomic E-state index is 5.93. The van der Waals surface area contributed by atoms with Gasteiger partial charge in [-0.1, -0.05) is 33.1 Å². The maximum absolute atomic E-state index is 5.93. The first kappa shape index (κ1) is 15.0. The van der Waals surface area contributed by atoms with Crippen LogP contribution >= 0.6 is 0 Å². The number of hydrogen-bond donors (Lipinski definition) is 2. The van der Waals surface area contributed by atoms with Crippen LogP contribution in [0.15, 0.2) is 0 Å². The summed E-state index contributed by atoms with van der Waals surface area (Å²) in [6.07, 6.45) is 10.6. The quantitative estimate of drug-likeness (QED) is 0.683. The van der Waals surface area contributed by atoms with Crippen LogP contribution in [0.5, 0.6) is 0 Å². The molecular weight excluding hydrogens is 208 g/mol. The van der Waals surface area contributed by atoms with Gasteiger partial charge in [-0.05, 0) is 57.0 Å². The zero-order valence-corrected chi connectivity index (χ0v) is 11.9. The summed E-state index contributed by atoms with van der Waals surface area (Å²) in [5, 5.41) is 3.69. The second kappa shape index (κ2) is 8.93. The molecule has 1 saturated carbocycles. The van der Waals surface area contributed by atoms with E-state index < -0.39 is 0 Å². The average Bonchev–Trinajstić information content (AvgIpc) is 2.36. The summed E-state index contributed by atoms with van der Waals surface area (Å²) in [7, 11) is 0. The van der Waals surface area contributed by atoms with E-state index in [-0.39, 0.29) is 0 Å². The van der Waals surface area contributed by atoms with Gasteiger partial charge in [-0.2, -0.15) is 0 Å². The van der Waals surface area contributed by atoms with Gasteiger partial charge >= 0.3 is 0 Å². The van der Waals surface area contributed by atoms with Crippen molar-refractivity contribution in [3.8, 4) is 0 Å². The van der Waals surface area contributed by atoms with Crippen LogP contribution in [0.3, 0.4) is 0 Å². The third-order valence-electron chi connectivity index (χ3n) is 4.30. The van der Waals surface area contributed by atoms with Crippen LogP contribution < -0.4 is 11.1 Å². The van der Waals surface area contributed by atoms with E-state index >= 15 is 0 Å². The van der Waals surface area contributed by atoms with Gasteiger partial charge < -0.3 is 11.1 Å². The van der Waals surface area contributed by atoms with E-state index in [9.17, 15) is 0 Å². The van der Waals surface area contributed by atoms with Gasteiger partial charge in [0.2, 0.25) is 0 Å². The van der Waals surface area contributed by atoms with Crippen molar-refractivity contribution in [1.82, 2.24) is 5.32 Å². The first-order valence-electron chi connectivity index (χ1n) is 7.72. The molecule has 0 radical (unpaired) electrons. The zero-order chi connectivity index (χ0) is 12.5. The molecule has 0 aromatic heterocycles. The number of rotatable bonds is 8. The Morgan fingerprint density at radius 2 is 1.88 bits per heavy atom.